The zero-order valence-electron chi connectivity index (χ0n) is 14.8. The van der Waals surface area contributed by atoms with Crippen LogP contribution in [0.2, 0.25) is 0 Å². The lowest BCUT2D eigenvalue weighted by Crippen LogP contribution is -2.15. The fourth-order valence-electron chi connectivity index (χ4n) is 2.43. The number of Topliss-reactive ketones (excluding diaryl/α,β-unsaturated/α-hetero) is 1. The Morgan fingerprint density at radius 3 is 2.00 bits per heavy atom. The number of benzene rings is 3. The molecule has 0 aliphatic heterocycles. The van der Waals surface area contributed by atoms with Crippen molar-refractivity contribution < 1.29 is 24.2 Å². The molecular formula is C22H17NO5. The largest absolute Gasteiger partial charge is 0.508 e. The fourth-order valence-corrected chi connectivity index (χ4v) is 2.43. The predicted octanol–water partition coefficient (Wildman–Crippen LogP) is 3.68. The highest BCUT2D eigenvalue weighted by molar-refractivity contribution is 6.04. The molecule has 6 heteroatoms. The number of amides is 1. The Kier molecular flexibility index (Phi) is 5.81. The van der Waals surface area contributed by atoms with E-state index in [0.717, 1.165) is 0 Å². The highest BCUT2D eigenvalue weighted by atomic mass is 16.5. The minimum atomic E-state index is -0.653. The quantitative estimate of drug-likeness (QED) is 0.506. The van der Waals surface area contributed by atoms with Gasteiger partial charge in [-0.15, -0.1) is 0 Å². The summed E-state index contributed by atoms with van der Waals surface area (Å²) in [6.45, 7) is -0.407. The van der Waals surface area contributed by atoms with E-state index < -0.39 is 12.6 Å². The summed E-state index contributed by atoms with van der Waals surface area (Å²) in [4.78, 5) is 36.2. The second-order valence-electron chi connectivity index (χ2n) is 5.94. The Labute approximate surface area is 161 Å². The van der Waals surface area contributed by atoms with Crippen LogP contribution in [0.4, 0.5) is 5.69 Å². The lowest BCUT2D eigenvalue weighted by Gasteiger charge is -2.07. The molecule has 0 saturated heterocycles. The van der Waals surface area contributed by atoms with Gasteiger partial charge in [-0.3, -0.25) is 9.59 Å². The Morgan fingerprint density at radius 1 is 0.750 bits per heavy atom. The molecule has 1 amide bonds. The number of carbonyl (C=O) groups is 3. The van der Waals surface area contributed by atoms with Crippen molar-refractivity contribution in [3.8, 4) is 5.75 Å². The van der Waals surface area contributed by atoms with Crippen LogP contribution in [-0.2, 0) is 4.74 Å². The molecule has 0 heterocycles. The van der Waals surface area contributed by atoms with Crippen molar-refractivity contribution in [2.45, 2.75) is 0 Å². The average Bonchev–Trinajstić information content (AvgIpc) is 2.73. The molecule has 0 aromatic heterocycles. The molecule has 0 saturated carbocycles. The van der Waals surface area contributed by atoms with Gasteiger partial charge in [-0.05, 0) is 60.7 Å². The van der Waals surface area contributed by atoms with Gasteiger partial charge < -0.3 is 15.2 Å². The second-order valence-corrected chi connectivity index (χ2v) is 5.94. The topological polar surface area (TPSA) is 92.7 Å². The van der Waals surface area contributed by atoms with E-state index in [0.29, 0.717) is 16.8 Å². The number of hydrogen-bond acceptors (Lipinski definition) is 5. The smallest absolute Gasteiger partial charge is 0.338 e. The maximum absolute atomic E-state index is 12.2. The number of phenolic OH excluding ortho intramolecular Hbond substituents is 1. The minimum Gasteiger partial charge on any atom is -0.508 e. The van der Waals surface area contributed by atoms with Gasteiger partial charge >= 0.3 is 5.97 Å². The summed E-state index contributed by atoms with van der Waals surface area (Å²) in [5, 5.41) is 12.0. The van der Waals surface area contributed by atoms with E-state index in [4.69, 9.17) is 4.74 Å². The summed E-state index contributed by atoms with van der Waals surface area (Å²) < 4.78 is 5.00. The molecule has 0 unspecified atom stereocenters. The summed E-state index contributed by atoms with van der Waals surface area (Å²) in [7, 11) is 0. The number of anilines is 1. The second kappa shape index (κ2) is 8.64. The van der Waals surface area contributed by atoms with E-state index in [-0.39, 0.29) is 23.0 Å². The van der Waals surface area contributed by atoms with Gasteiger partial charge in [-0.1, -0.05) is 18.2 Å². The van der Waals surface area contributed by atoms with E-state index in [9.17, 15) is 19.5 Å². The SMILES string of the molecule is O=C(COC(=O)c1ccc(O)cc1)c1ccc(NC(=O)c2ccccc2)cc1. The third kappa shape index (κ3) is 4.82. The summed E-state index contributed by atoms with van der Waals surface area (Å²) in [5.41, 5.74) is 1.68. The van der Waals surface area contributed by atoms with Crippen molar-refractivity contribution in [1.82, 2.24) is 0 Å². The standard InChI is InChI=1S/C22H17NO5/c24-19-12-8-17(9-13-19)22(27)28-14-20(25)15-6-10-18(11-7-15)23-21(26)16-4-2-1-3-5-16/h1-13,24H,14H2,(H,23,26). The van der Waals surface area contributed by atoms with Crippen LogP contribution < -0.4 is 5.32 Å². The van der Waals surface area contributed by atoms with Crippen molar-refractivity contribution in [3.05, 3.63) is 95.6 Å². The van der Waals surface area contributed by atoms with E-state index in [1.165, 1.54) is 24.3 Å². The third-order valence-corrected chi connectivity index (χ3v) is 3.94. The molecule has 28 heavy (non-hydrogen) atoms. The molecule has 0 radical (unpaired) electrons. The van der Waals surface area contributed by atoms with Crippen LogP contribution in [0.25, 0.3) is 0 Å². The van der Waals surface area contributed by atoms with Crippen LogP contribution >= 0.6 is 0 Å². The molecule has 0 spiro atoms. The van der Waals surface area contributed by atoms with Crippen LogP contribution in [0.1, 0.15) is 31.1 Å². The van der Waals surface area contributed by atoms with E-state index in [1.54, 1.807) is 48.5 Å². The number of ether oxygens (including phenoxy) is 1. The maximum Gasteiger partial charge on any atom is 0.338 e. The molecule has 3 aromatic rings. The highest BCUT2D eigenvalue weighted by Gasteiger charge is 2.12. The molecule has 0 aliphatic carbocycles. The Balaban J connectivity index is 1.55. The van der Waals surface area contributed by atoms with Gasteiger partial charge in [0.15, 0.2) is 12.4 Å². The monoisotopic (exact) mass is 375 g/mol. The van der Waals surface area contributed by atoms with E-state index in [1.807, 2.05) is 6.07 Å². The highest BCUT2D eigenvalue weighted by Crippen LogP contribution is 2.13. The van der Waals surface area contributed by atoms with E-state index >= 15 is 0 Å². The lowest BCUT2D eigenvalue weighted by molar-refractivity contribution is 0.0474. The fraction of sp³-hybridized carbons (Fsp3) is 0.0455. The first kappa shape index (κ1) is 18.8. The predicted molar refractivity (Wildman–Crippen MR) is 104 cm³/mol. The number of rotatable bonds is 6. The van der Waals surface area contributed by atoms with Crippen LogP contribution in [-0.4, -0.2) is 29.4 Å². The number of nitrogens with one attached hydrogen (secondary N) is 1. The van der Waals surface area contributed by atoms with Gasteiger partial charge in [0.2, 0.25) is 0 Å². The molecule has 3 aromatic carbocycles. The number of aromatic hydroxyl groups is 1. The Morgan fingerprint density at radius 2 is 1.36 bits per heavy atom. The summed E-state index contributed by atoms with van der Waals surface area (Å²) >= 11 is 0. The van der Waals surface area contributed by atoms with Crippen molar-refractivity contribution in [2.75, 3.05) is 11.9 Å². The van der Waals surface area contributed by atoms with Crippen LogP contribution in [0, 0.1) is 0 Å². The molecule has 0 aliphatic rings. The Hall–Kier alpha value is -3.93. The molecule has 2 N–H and O–H groups in total. The van der Waals surface area contributed by atoms with Gasteiger partial charge in [0.25, 0.3) is 5.91 Å². The number of carbonyl (C=O) groups excluding carboxylic acids is 3. The van der Waals surface area contributed by atoms with Crippen molar-refractivity contribution in [1.29, 1.82) is 0 Å². The van der Waals surface area contributed by atoms with Crippen LogP contribution in [0.3, 0.4) is 0 Å². The molecule has 6 nitrogen and oxygen atoms in total. The van der Waals surface area contributed by atoms with Gasteiger partial charge in [-0.25, -0.2) is 4.79 Å². The molecular weight excluding hydrogens is 358 g/mol. The first-order valence-corrected chi connectivity index (χ1v) is 8.49. The van der Waals surface area contributed by atoms with Crippen molar-refractivity contribution in [3.63, 3.8) is 0 Å². The first-order valence-electron chi connectivity index (χ1n) is 8.49. The molecule has 3 rings (SSSR count). The first-order chi connectivity index (χ1) is 13.5. The summed E-state index contributed by atoms with van der Waals surface area (Å²) in [5.74, 6) is -1.23. The molecule has 0 bridgehead atoms. The van der Waals surface area contributed by atoms with Gasteiger partial charge in [0, 0.05) is 16.8 Å². The van der Waals surface area contributed by atoms with Gasteiger partial charge in [0.05, 0.1) is 5.56 Å². The number of ketones is 1. The number of phenols is 1. The minimum absolute atomic E-state index is 0.0343. The van der Waals surface area contributed by atoms with Crippen molar-refractivity contribution in [2.24, 2.45) is 0 Å². The maximum atomic E-state index is 12.2. The summed E-state index contributed by atoms with van der Waals surface area (Å²) in [6.07, 6.45) is 0. The zero-order chi connectivity index (χ0) is 19.9. The van der Waals surface area contributed by atoms with Gasteiger partial charge in [0.1, 0.15) is 5.75 Å². The zero-order valence-corrected chi connectivity index (χ0v) is 14.8. The third-order valence-electron chi connectivity index (χ3n) is 3.94. The van der Waals surface area contributed by atoms with Crippen LogP contribution in [0.15, 0.2) is 78.9 Å². The average molecular weight is 375 g/mol. The van der Waals surface area contributed by atoms with E-state index in [2.05, 4.69) is 5.32 Å². The van der Waals surface area contributed by atoms with Crippen LogP contribution in [0.5, 0.6) is 5.75 Å². The van der Waals surface area contributed by atoms with Gasteiger partial charge in [-0.2, -0.15) is 0 Å². The van der Waals surface area contributed by atoms with Crippen molar-refractivity contribution >= 4 is 23.3 Å². The Bertz CT molecular complexity index is 980. The molecule has 140 valence electrons. The summed E-state index contributed by atoms with van der Waals surface area (Å²) in [6, 6.07) is 20.6. The normalized spacial score (nSPS) is 10.1. The number of hydrogen-bond donors (Lipinski definition) is 2. The molecule has 0 atom stereocenters. The molecule has 0 fully saturated rings. The number of esters is 1. The lowest BCUT2D eigenvalue weighted by atomic mass is 10.1.